The predicted molar refractivity (Wildman–Crippen MR) is 122 cm³/mol. The fourth-order valence-electron chi connectivity index (χ4n) is 5.80. The fraction of sp³-hybridized carbons (Fsp3) is 0.615. The summed E-state index contributed by atoms with van der Waals surface area (Å²) in [7, 11) is 0. The Balaban J connectivity index is 1.02. The van der Waals surface area contributed by atoms with Gasteiger partial charge in [0.1, 0.15) is 12.2 Å². The average molecular weight is 469 g/mol. The number of rotatable bonds is 4. The summed E-state index contributed by atoms with van der Waals surface area (Å²) in [6, 6.07) is 9.46. The van der Waals surface area contributed by atoms with Gasteiger partial charge in [0.15, 0.2) is 11.6 Å². The van der Waals surface area contributed by atoms with Crippen LogP contribution in [-0.2, 0) is 18.9 Å². The van der Waals surface area contributed by atoms with E-state index in [9.17, 15) is 4.79 Å². The van der Waals surface area contributed by atoms with E-state index >= 15 is 0 Å². The monoisotopic (exact) mass is 468 g/mol. The SMILES string of the molecule is O=c1ccccn1C1CCC2(CC1)OCC(c1ccc(OC3CCC4(CC3)OCCO4)nc1)O2. The molecule has 0 amide bonds. The molecular formula is C26H32N2O6. The van der Waals surface area contributed by atoms with Crippen LogP contribution in [0.1, 0.15) is 69.1 Å². The van der Waals surface area contributed by atoms with E-state index < -0.39 is 5.79 Å². The molecule has 1 atom stereocenters. The van der Waals surface area contributed by atoms with E-state index in [0.29, 0.717) is 25.7 Å². The van der Waals surface area contributed by atoms with Crippen molar-refractivity contribution in [3.63, 3.8) is 0 Å². The largest absolute Gasteiger partial charge is 0.474 e. The summed E-state index contributed by atoms with van der Waals surface area (Å²) in [5.74, 6) is -0.291. The quantitative estimate of drug-likeness (QED) is 0.673. The van der Waals surface area contributed by atoms with Crippen LogP contribution in [0, 0.1) is 0 Å². The van der Waals surface area contributed by atoms with Crippen molar-refractivity contribution in [2.45, 2.75) is 81.2 Å². The van der Waals surface area contributed by atoms with E-state index in [4.69, 9.17) is 23.7 Å². The lowest BCUT2D eigenvalue weighted by molar-refractivity contribution is -0.192. The van der Waals surface area contributed by atoms with Crippen LogP contribution in [-0.4, -0.2) is 47.0 Å². The molecule has 4 heterocycles. The molecule has 2 saturated carbocycles. The van der Waals surface area contributed by atoms with Gasteiger partial charge in [-0.1, -0.05) is 6.07 Å². The smallest absolute Gasteiger partial charge is 0.250 e. The highest BCUT2D eigenvalue weighted by Crippen LogP contribution is 2.45. The number of ether oxygens (including phenoxy) is 5. The molecule has 34 heavy (non-hydrogen) atoms. The van der Waals surface area contributed by atoms with Crippen LogP contribution in [0.25, 0.3) is 0 Å². The molecule has 0 N–H and O–H groups in total. The summed E-state index contributed by atoms with van der Waals surface area (Å²) in [6.45, 7) is 1.90. The zero-order chi connectivity index (χ0) is 23.0. The van der Waals surface area contributed by atoms with Crippen molar-refractivity contribution in [1.29, 1.82) is 0 Å². The molecule has 0 radical (unpaired) electrons. The lowest BCUT2D eigenvalue weighted by Crippen LogP contribution is -2.38. The van der Waals surface area contributed by atoms with E-state index in [2.05, 4.69) is 4.98 Å². The van der Waals surface area contributed by atoms with E-state index in [1.165, 1.54) is 0 Å². The summed E-state index contributed by atoms with van der Waals surface area (Å²) < 4.78 is 32.1. The molecule has 2 saturated heterocycles. The standard InChI is InChI=1S/C26H32N2O6/c29-24-3-1-2-14-28(24)20-6-10-26(11-7-20)32-18-22(34-26)19-4-5-23(27-17-19)33-21-8-12-25(13-9-21)30-15-16-31-25/h1-5,14,17,20-22H,6-13,15-16,18H2. The third-order valence-corrected chi connectivity index (χ3v) is 7.74. The number of hydrogen-bond donors (Lipinski definition) is 0. The first-order valence-electron chi connectivity index (χ1n) is 12.5. The summed E-state index contributed by atoms with van der Waals surface area (Å²) in [6.07, 6.45) is 10.5. The van der Waals surface area contributed by atoms with Crippen LogP contribution in [0.4, 0.5) is 0 Å². The van der Waals surface area contributed by atoms with Crippen molar-refractivity contribution in [1.82, 2.24) is 9.55 Å². The Morgan fingerprint density at radius 2 is 1.68 bits per heavy atom. The second-order valence-electron chi connectivity index (χ2n) is 9.86. The van der Waals surface area contributed by atoms with Crippen LogP contribution in [0.5, 0.6) is 5.88 Å². The Morgan fingerprint density at radius 1 is 0.912 bits per heavy atom. The second-order valence-corrected chi connectivity index (χ2v) is 9.86. The third kappa shape index (κ3) is 4.40. The highest BCUT2D eigenvalue weighted by molar-refractivity contribution is 5.21. The molecule has 8 nitrogen and oxygen atoms in total. The van der Waals surface area contributed by atoms with E-state index in [1.807, 2.05) is 35.2 Å². The van der Waals surface area contributed by atoms with Gasteiger partial charge in [0.2, 0.25) is 5.88 Å². The number of pyridine rings is 2. The van der Waals surface area contributed by atoms with Crippen LogP contribution >= 0.6 is 0 Å². The van der Waals surface area contributed by atoms with Crippen molar-refractivity contribution >= 4 is 0 Å². The van der Waals surface area contributed by atoms with Crippen LogP contribution < -0.4 is 10.3 Å². The zero-order valence-corrected chi connectivity index (χ0v) is 19.4. The van der Waals surface area contributed by atoms with E-state index in [-0.39, 0.29) is 29.6 Å². The summed E-state index contributed by atoms with van der Waals surface area (Å²) >= 11 is 0. The number of hydrogen-bond acceptors (Lipinski definition) is 7. The normalized spacial score (nSPS) is 28.5. The molecule has 1 unspecified atom stereocenters. The molecule has 182 valence electrons. The molecular weight excluding hydrogens is 436 g/mol. The lowest BCUT2D eigenvalue weighted by Gasteiger charge is -2.36. The molecule has 0 bridgehead atoms. The van der Waals surface area contributed by atoms with Gasteiger partial charge in [-0.15, -0.1) is 0 Å². The molecule has 2 spiro atoms. The van der Waals surface area contributed by atoms with Gasteiger partial charge in [-0.3, -0.25) is 4.79 Å². The highest BCUT2D eigenvalue weighted by atomic mass is 16.7. The van der Waals surface area contributed by atoms with Gasteiger partial charge in [-0.2, -0.15) is 0 Å². The fourth-order valence-corrected chi connectivity index (χ4v) is 5.80. The first-order chi connectivity index (χ1) is 16.6. The summed E-state index contributed by atoms with van der Waals surface area (Å²) in [4.78, 5) is 16.7. The molecule has 6 rings (SSSR count). The Hall–Kier alpha value is -2.26. The first-order valence-corrected chi connectivity index (χ1v) is 12.5. The Morgan fingerprint density at radius 3 is 2.38 bits per heavy atom. The van der Waals surface area contributed by atoms with Crippen molar-refractivity contribution < 1.29 is 23.7 Å². The Kier molecular flexibility index (Phi) is 5.93. The van der Waals surface area contributed by atoms with Gasteiger partial charge >= 0.3 is 0 Å². The Labute approximate surface area is 199 Å². The van der Waals surface area contributed by atoms with Crippen molar-refractivity contribution in [3.05, 3.63) is 58.6 Å². The maximum absolute atomic E-state index is 12.2. The van der Waals surface area contributed by atoms with Crippen LogP contribution in [0.3, 0.4) is 0 Å². The maximum Gasteiger partial charge on any atom is 0.250 e. The van der Waals surface area contributed by atoms with Gasteiger partial charge in [0.05, 0.1) is 19.8 Å². The van der Waals surface area contributed by atoms with Crippen molar-refractivity contribution in [2.75, 3.05) is 19.8 Å². The minimum atomic E-state index is -0.558. The lowest BCUT2D eigenvalue weighted by atomic mass is 9.89. The van der Waals surface area contributed by atoms with Crippen LogP contribution in [0.15, 0.2) is 47.5 Å². The van der Waals surface area contributed by atoms with E-state index in [1.54, 1.807) is 12.1 Å². The molecule has 2 aromatic heterocycles. The van der Waals surface area contributed by atoms with Gasteiger partial charge in [-0.25, -0.2) is 4.98 Å². The molecule has 4 fully saturated rings. The third-order valence-electron chi connectivity index (χ3n) is 7.74. The van der Waals surface area contributed by atoms with Gasteiger partial charge < -0.3 is 28.3 Å². The molecule has 2 aromatic rings. The molecule has 8 heteroatoms. The molecule has 2 aliphatic heterocycles. The topological polar surface area (TPSA) is 81.0 Å². The summed E-state index contributed by atoms with van der Waals surface area (Å²) in [5.41, 5.74) is 1.05. The zero-order valence-electron chi connectivity index (χ0n) is 19.4. The minimum absolute atomic E-state index is 0.0518. The summed E-state index contributed by atoms with van der Waals surface area (Å²) in [5, 5.41) is 0. The van der Waals surface area contributed by atoms with Gasteiger partial charge in [0, 0.05) is 61.8 Å². The average Bonchev–Trinajstić information content (AvgIpc) is 3.50. The minimum Gasteiger partial charge on any atom is -0.474 e. The molecule has 2 aliphatic carbocycles. The number of nitrogens with zero attached hydrogens (tertiary/aromatic N) is 2. The van der Waals surface area contributed by atoms with Crippen LogP contribution in [0.2, 0.25) is 0 Å². The van der Waals surface area contributed by atoms with E-state index in [0.717, 1.165) is 56.9 Å². The predicted octanol–water partition coefficient (Wildman–Crippen LogP) is 3.91. The van der Waals surface area contributed by atoms with Gasteiger partial charge in [-0.05, 0) is 37.8 Å². The molecule has 0 aromatic carbocycles. The van der Waals surface area contributed by atoms with Crippen molar-refractivity contribution in [2.24, 2.45) is 0 Å². The Bertz CT molecular complexity index is 1030. The first kappa shape index (κ1) is 22.2. The molecule has 4 aliphatic rings. The van der Waals surface area contributed by atoms with Crippen molar-refractivity contribution in [3.8, 4) is 5.88 Å². The second kappa shape index (κ2) is 9.07. The maximum atomic E-state index is 12.2. The van der Waals surface area contributed by atoms with Gasteiger partial charge in [0.25, 0.3) is 5.56 Å². The number of aromatic nitrogens is 2. The highest BCUT2D eigenvalue weighted by Gasteiger charge is 2.45.